The molecule has 0 saturated heterocycles. The minimum atomic E-state index is 0.498. The van der Waals surface area contributed by atoms with Gasteiger partial charge in [0.05, 0.1) is 23.0 Å². The number of fused-ring (bicyclic) bond motifs is 2. The second kappa shape index (κ2) is 10.7. The number of nitrogens with one attached hydrogen (secondary N) is 1. The molecule has 6 heteroatoms. The number of nitrogens with zero attached hydrogens (tertiary/aromatic N) is 3. The van der Waals surface area contributed by atoms with Crippen molar-refractivity contribution in [3.63, 3.8) is 0 Å². The molecule has 5 nitrogen and oxygen atoms in total. The van der Waals surface area contributed by atoms with Crippen LogP contribution in [0.1, 0.15) is 43.7 Å². The van der Waals surface area contributed by atoms with Crippen LogP contribution in [0.3, 0.4) is 0 Å². The highest BCUT2D eigenvalue weighted by atomic mass is 32.1. The summed E-state index contributed by atoms with van der Waals surface area (Å²) in [6.45, 7) is 6.03. The van der Waals surface area contributed by atoms with E-state index in [-0.39, 0.29) is 0 Å². The first-order valence-electron chi connectivity index (χ1n) is 12.2. The van der Waals surface area contributed by atoms with Crippen LogP contribution in [-0.2, 0) is 6.54 Å². The van der Waals surface area contributed by atoms with E-state index in [0.717, 1.165) is 46.0 Å². The van der Waals surface area contributed by atoms with E-state index in [0.29, 0.717) is 12.5 Å². The fraction of sp³-hybridized carbons (Fsp3) is 0.241. The van der Waals surface area contributed by atoms with Crippen molar-refractivity contribution in [3.8, 4) is 5.75 Å². The van der Waals surface area contributed by atoms with Crippen LogP contribution in [0.15, 0.2) is 84.1 Å². The molecule has 1 N–H and O–H groups in total. The van der Waals surface area contributed by atoms with E-state index in [1.54, 1.807) is 11.3 Å². The monoisotopic (exact) mass is 482 g/mol. The fourth-order valence-electron chi connectivity index (χ4n) is 4.30. The van der Waals surface area contributed by atoms with Gasteiger partial charge in [0.25, 0.3) is 0 Å². The van der Waals surface area contributed by atoms with Crippen molar-refractivity contribution in [3.05, 3.63) is 90.1 Å². The largest absolute Gasteiger partial charge is 0.493 e. The van der Waals surface area contributed by atoms with Gasteiger partial charge < -0.3 is 9.30 Å². The van der Waals surface area contributed by atoms with Gasteiger partial charge in [-0.2, -0.15) is 5.10 Å². The first kappa shape index (κ1) is 23.1. The summed E-state index contributed by atoms with van der Waals surface area (Å²) >= 11 is 1.60. The van der Waals surface area contributed by atoms with Crippen molar-refractivity contribution >= 4 is 43.8 Å². The Morgan fingerprint density at radius 1 is 1.06 bits per heavy atom. The van der Waals surface area contributed by atoms with Crippen molar-refractivity contribution < 1.29 is 4.74 Å². The summed E-state index contributed by atoms with van der Waals surface area (Å²) in [5.41, 5.74) is 7.66. The first-order valence-corrected chi connectivity index (χ1v) is 13.0. The number of rotatable bonds is 10. The van der Waals surface area contributed by atoms with Gasteiger partial charge in [0.1, 0.15) is 5.75 Å². The van der Waals surface area contributed by atoms with Crippen molar-refractivity contribution in [2.75, 3.05) is 12.0 Å². The highest BCUT2D eigenvalue weighted by Gasteiger charge is 2.10. The van der Waals surface area contributed by atoms with Crippen LogP contribution in [0.2, 0.25) is 0 Å². The van der Waals surface area contributed by atoms with E-state index < -0.39 is 0 Å². The van der Waals surface area contributed by atoms with Gasteiger partial charge in [0.15, 0.2) is 0 Å². The normalized spacial score (nSPS) is 12.5. The summed E-state index contributed by atoms with van der Waals surface area (Å²) in [6, 6.07) is 25.0. The lowest BCUT2D eigenvalue weighted by atomic mass is 9.98. The third-order valence-electron chi connectivity index (χ3n) is 6.34. The van der Waals surface area contributed by atoms with Crippen LogP contribution in [0.4, 0.5) is 5.13 Å². The van der Waals surface area contributed by atoms with E-state index in [9.17, 15) is 0 Å². The van der Waals surface area contributed by atoms with Gasteiger partial charge >= 0.3 is 0 Å². The lowest BCUT2D eigenvalue weighted by molar-refractivity contribution is 0.298. The van der Waals surface area contributed by atoms with E-state index in [4.69, 9.17) is 4.74 Å². The predicted octanol–water partition coefficient (Wildman–Crippen LogP) is 7.68. The lowest BCUT2D eigenvalue weighted by Crippen LogP contribution is -2.06. The maximum absolute atomic E-state index is 6.18. The second-order valence-electron chi connectivity index (χ2n) is 8.70. The van der Waals surface area contributed by atoms with E-state index in [2.05, 4.69) is 94.7 Å². The van der Waals surface area contributed by atoms with Gasteiger partial charge in [-0.1, -0.05) is 73.7 Å². The number of aryl methyl sites for hydroxylation is 1. The molecule has 1 unspecified atom stereocenters. The topological polar surface area (TPSA) is 51.4 Å². The van der Waals surface area contributed by atoms with E-state index in [1.165, 1.54) is 16.5 Å². The Labute approximate surface area is 210 Å². The molecule has 2 heterocycles. The number of ether oxygens (including phenoxy) is 1. The van der Waals surface area contributed by atoms with Crippen molar-refractivity contribution in [2.45, 2.75) is 39.2 Å². The van der Waals surface area contributed by atoms with Gasteiger partial charge in [-0.25, -0.2) is 4.98 Å². The SMILES string of the molecule is CCC(C)c1ccccc1OCCCn1cc(/C=N/Nc2nc3ccccc3s2)c2ccccc21. The molecule has 178 valence electrons. The first-order chi connectivity index (χ1) is 17.2. The fourth-order valence-corrected chi connectivity index (χ4v) is 5.11. The number of benzene rings is 3. The zero-order valence-corrected chi connectivity index (χ0v) is 21.0. The third-order valence-corrected chi connectivity index (χ3v) is 7.28. The third kappa shape index (κ3) is 5.23. The Balaban J connectivity index is 1.25. The Morgan fingerprint density at radius 3 is 2.74 bits per heavy atom. The number of hydrogen-bond acceptors (Lipinski definition) is 5. The highest BCUT2D eigenvalue weighted by Crippen LogP contribution is 2.29. The molecule has 0 aliphatic carbocycles. The Kier molecular flexibility index (Phi) is 7.09. The van der Waals surface area contributed by atoms with Crippen LogP contribution in [0, 0.1) is 0 Å². The Morgan fingerprint density at radius 2 is 1.86 bits per heavy atom. The van der Waals surface area contributed by atoms with Gasteiger partial charge in [0, 0.05) is 29.2 Å². The summed E-state index contributed by atoms with van der Waals surface area (Å²) in [5.74, 6) is 1.51. The molecular weight excluding hydrogens is 452 g/mol. The minimum Gasteiger partial charge on any atom is -0.493 e. The molecule has 0 bridgehead atoms. The zero-order chi connectivity index (χ0) is 24.0. The van der Waals surface area contributed by atoms with Crippen molar-refractivity contribution in [1.29, 1.82) is 0 Å². The van der Waals surface area contributed by atoms with E-state index >= 15 is 0 Å². The van der Waals surface area contributed by atoms with E-state index in [1.807, 2.05) is 24.4 Å². The molecular formula is C29H30N4OS. The van der Waals surface area contributed by atoms with Crippen LogP contribution in [0.25, 0.3) is 21.1 Å². The molecule has 0 spiro atoms. The number of anilines is 1. The summed E-state index contributed by atoms with van der Waals surface area (Å²) in [4.78, 5) is 4.58. The molecule has 0 radical (unpaired) electrons. The van der Waals surface area contributed by atoms with Crippen LogP contribution in [0.5, 0.6) is 5.75 Å². The van der Waals surface area contributed by atoms with Gasteiger partial charge in [-0.3, -0.25) is 5.43 Å². The average Bonchev–Trinajstić information content (AvgIpc) is 3.47. The van der Waals surface area contributed by atoms with Gasteiger partial charge in [0.2, 0.25) is 5.13 Å². The molecule has 0 aliphatic rings. The maximum atomic E-state index is 6.18. The minimum absolute atomic E-state index is 0.498. The standard InChI is InChI=1S/C29H30N4OS/c1-3-21(2)23-11-5-8-15-27(23)34-18-10-17-33-20-22(24-12-4-7-14-26(24)33)19-30-32-29-31-25-13-6-9-16-28(25)35-29/h4-9,11-16,19-21H,3,10,17-18H2,1-2H3,(H,31,32)/b30-19+. The summed E-state index contributed by atoms with van der Waals surface area (Å²) < 4.78 is 9.62. The molecule has 5 aromatic rings. The number of thiazole rings is 1. The molecule has 0 aliphatic heterocycles. The predicted molar refractivity (Wildman–Crippen MR) is 148 cm³/mol. The molecule has 1 atom stereocenters. The van der Waals surface area contributed by atoms with Crippen LogP contribution in [-0.4, -0.2) is 22.4 Å². The summed E-state index contributed by atoms with van der Waals surface area (Å²) in [6.07, 6.45) is 6.08. The number of para-hydroxylation sites is 3. The van der Waals surface area contributed by atoms with Crippen molar-refractivity contribution in [2.24, 2.45) is 5.10 Å². The number of hydrogen-bond donors (Lipinski definition) is 1. The second-order valence-corrected chi connectivity index (χ2v) is 9.73. The molecule has 0 fully saturated rings. The van der Waals surface area contributed by atoms with Gasteiger partial charge in [-0.15, -0.1) is 0 Å². The Bertz CT molecular complexity index is 1420. The molecule has 0 amide bonds. The average molecular weight is 483 g/mol. The smallest absolute Gasteiger partial charge is 0.204 e. The molecule has 0 saturated carbocycles. The van der Waals surface area contributed by atoms with Crippen LogP contribution >= 0.6 is 11.3 Å². The molecule has 2 aromatic heterocycles. The summed E-state index contributed by atoms with van der Waals surface area (Å²) in [5, 5.41) is 6.45. The quantitative estimate of drug-likeness (QED) is 0.126. The molecule has 5 rings (SSSR count). The number of hydrazone groups is 1. The molecule has 35 heavy (non-hydrogen) atoms. The van der Waals surface area contributed by atoms with Crippen molar-refractivity contribution in [1.82, 2.24) is 9.55 Å². The number of aromatic nitrogens is 2. The molecule has 3 aromatic carbocycles. The Hall–Kier alpha value is -3.64. The lowest BCUT2D eigenvalue weighted by Gasteiger charge is -2.15. The van der Waals surface area contributed by atoms with Crippen LogP contribution < -0.4 is 10.2 Å². The summed E-state index contributed by atoms with van der Waals surface area (Å²) in [7, 11) is 0. The van der Waals surface area contributed by atoms with Gasteiger partial charge in [-0.05, 0) is 48.6 Å². The highest BCUT2D eigenvalue weighted by molar-refractivity contribution is 7.22. The maximum Gasteiger partial charge on any atom is 0.204 e. The zero-order valence-electron chi connectivity index (χ0n) is 20.1.